The highest BCUT2D eigenvalue weighted by atomic mass is 32.2. The third-order valence-corrected chi connectivity index (χ3v) is 5.24. The van der Waals surface area contributed by atoms with E-state index in [4.69, 9.17) is 9.47 Å². The van der Waals surface area contributed by atoms with Gasteiger partial charge in [0.2, 0.25) is 16.0 Å². The molecule has 2 heterocycles. The Morgan fingerprint density at radius 3 is 2.69 bits per heavy atom. The molecule has 1 aliphatic heterocycles. The standard InChI is InChI=1S/C16H21N5O4S/c1-12-4-3-5-13(10-12)26(22,23)17-11-14-18-15(20-16(19-14)24-2)21-6-8-25-9-7-21/h3-5,10,17H,6-9,11H2,1-2H3. The quantitative estimate of drug-likeness (QED) is 0.773. The molecule has 1 aliphatic rings. The number of aromatic nitrogens is 3. The first-order valence-corrected chi connectivity index (χ1v) is 9.64. The molecule has 0 unspecified atom stereocenters. The van der Waals surface area contributed by atoms with Gasteiger partial charge in [-0.25, -0.2) is 13.1 Å². The number of hydrogen-bond donors (Lipinski definition) is 1. The summed E-state index contributed by atoms with van der Waals surface area (Å²) in [5.74, 6) is 0.736. The maximum atomic E-state index is 12.5. The van der Waals surface area contributed by atoms with Crippen LogP contribution in [0.4, 0.5) is 5.95 Å². The van der Waals surface area contributed by atoms with Crippen molar-refractivity contribution in [1.82, 2.24) is 19.7 Å². The lowest BCUT2D eigenvalue weighted by Crippen LogP contribution is -2.37. The van der Waals surface area contributed by atoms with Gasteiger partial charge in [-0.15, -0.1) is 0 Å². The molecule has 3 rings (SSSR count). The number of sulfonamides is 1. The number of ether oxygens (including phenoxy) is 2. The van der Waals surface area contributed by atoms with Crippen LogP contribution < -0.4 is 14.4 Å². The van der Waals surface area contributed by atoms with Gasteiger partial charge in [-0.3, -0.25) is 0 Å². The van der Waals surface area contributed by atoms with Crippen LogP contribution in [0.2, 0.25) is 0 Å². The normalized spacial score (nSPS) is 15.1. The van der Waals surface area contributed by atoms with Crippen molar-refractivity contribution in [2.75, 3.05) is 38.3 Å². The summed E-state index contributed by atoms with van der Waals surface area (Å²) in [6, 6.07) is 6.83. The zero-order valence-electron chi connectivity index (χ0n) is 14.7. The van der Waals surface area contributed by atoms with Crippen molar-refractivity contribution >= 4 is 16.0 Å². The highest BCUT2D eigenvalue weighted by Gasteiger charge is 2.19. The van der Waals surface area contributed by atoms with Crippen LogP contribution in [0.5, 0.6) is 6.01 Å². The van der Waals surface area contributed by atoms with E-state index in [9.17, 15) is 8.42 Å². The fourth-order valence-corrected chi connectivity index (χ4v) is 3.57. The molecule has 140 valence electrons. The van der Waals surface area contributed by atoms with Gasteiger partial charge in [-0.1, -0.05) is 12.1 Å². The first-order valence-electron chi connectivity index (χ1n) is 8.16. The van der Waals surface area contributed by atoms with Gasteiger partial charge >= 0.3 is 6.01 Å². The van der Waals surface area contributed by atoms with Crippen LogP contribution in [-0.2, 0) is 21.3 Å². The van der Waals surface area contributed by atoms with Crippen molar-refractivity contribution < 1.29 is 17.9 Å². The maximum absolute atomic E-state index is 12.5. The van der Waals surface area contributed by atoms with E-state index in [-0.39, 0.29) is 23.3 Å². The molecule has 1 saturated heterocycles. The van der Waals surface area contributed by atoms with E-state index in [1.54, 1.807) is 18.2 Å². The minimum absolute atomic E-state index is 0.0630. The Balaban J connectivity index is 1.78. The lowest BCUT2D eigenvalue weighted by atomic mass is 10.2. The minimum Gasteiger partial charge on any atom is -0.467 e. The summed E-state index contributed by atoms with van der Waals surface area (Å²) in [5.41, 5.74) is 0.865. The zero-order valence-corrected chi connectivity index (χ0v) is 15.5. The van der Waals surface area contributed by atoms with Crippen LogP contribution in [0.3, 0.4) is 0 Å². The number of benzene rings is 1. The molecule has 0 bridgehead atoms. The second-order valence-corrected chi connectivity index (χ2v) is 7.55. The van der Waals surface area contributed by atoms with Crippen molar-refractivity contribution in [1.29, 1.82) is 0 Å². The molecule has 2 aromatic rings. The molecule has 26 heavy (non-hydrogen) atoms. The Morgan fingerprint density at radius 1 is 1.23 bits per heavy atom. The Labute approximate surface area is 152 Å². The summed E-state index contributed by atoms with van der Waals surface area (Å²) in [4.78, 5) is 14.9. The second-order valence-electron chi connectivity index (χ2n) is 5.78. The molecule has 0 radical (unpaired) electrons. The van der Waals surface area contributed by atoms with Crippen LogP contribution in [0.1, 0.15) is 11.4 Å². The molecule has 0 amide bonds. The zero-order chi connectivity index (χ0) is 18.6. The third-order valence-electron chi connectivity index (χ3n) is 3.85. The number of hydrogen-bond acceptors (Lipinski definition) is 8. The first kappa shape index (κ1) is 18.5. The van der Waals surface area contributed by atoms with Gasteiger partial charge in [0, 0.05) is 13.1 Å². The van der Waals surface area contributed by atoms with E-state index in [2.05, 4.69) is 19.7 Å². The van der Waals surface area contributed by atoms with E-state index in [0.717, 1.165) is 5.56 Å². The van der Waals surface area contributed by atoms with Crippen molar-refractivity contribution in [2.24, 2.45) is 0 Å². The highest BCUT2D eigenvalue weighted by molar-refractivity contribution is 7.89. The third kappa shape index (κ3) is 4.45. The summed E-state index contributed by atoms with van der Waals surface area (Å²) in [5, 5.41) is 0. The topological polar surface area (TPSA) is 107 Å². The molecule has 0 aliphatic carbocycles. The summed E-state index contributed by atoms with van der Waals surface area (Å²) in [6.45, 7) is 4.26. The van der Waals surface area contributed by atoms with Gasteiger partial charge in [0.1, 0.15) is 0 Å². The molecule has 0 saturated carbocycles. The Hall–Kier alpha value is -2.30. The van der Waals surface area contributed by atoms with Gasteiger partial charge in [-0.2, -0.15) is 15.0 Å². The van der Waals surface area contributed by atoms with Crippen LogP contribution in [0, 0.1) is 6.92 Å². The Morgan fingerprint density at radius 2 is 2.00 bits per heavy atom. The average Bonchev–Trinajstić information content (AvgIpc) is 2.67. The molecule has 10 heteroatoms. The molecule has 1 N–H and O–H groups in total. The van der Waals surface area contributed by atoms with Crippen LogP contribution >= 0.6 is 0 Å². The molecule has 0 atom stereocenters. The number of rotatable bonds is 6. The van der Waals surface area contributed by atoms with E-state index in [1.165, 1.54) is 7.11 Å². The molecule has 1 aromatic heterocycles. The van der Waals surface area contributed by atoms with E-state index in [0.29, 0.717) is 32.3 Å². The summed E-state index contributed by atoms with van der Waals surface area (Å²) in [7, 11) is -2.21. The Bertz CT molecular complexity index is 869. The number of morpholine rings is 1. The maximum Gasteiger partial charge on any atom is 0.321 e. The number of nitrogens with one attached hydrogen (secondary N) is 1. The number of nitrogens with zero attached hydrogens (tertiary/aromatic N) is 4. The van der Waals surface area contributed by atoms with Crippen molar-refractivity contribution in [3.63, 3.8) is 0 Å². The molecular weight excluding hydrogens is 358 g/mol. The number of methoxy groups -OCH3 is 1. The fourth-order valence-electron chi connectivity index (χ4n) is 2.49. The van der Waals surface area contributed by atoms with Gasteiger partial charge < -0.3 is 14.4 Å². The van der Waals surface area contributed by atoms with E-state index >= 15 is 0 Å². The lowest BCUT2D eigenvalue weighted by molar-refractivity contribution is 0.122. The van der Waals surface area contributed by atoms with Gasteiger partial charge in [0.05, 0.1) is 31.8 Å². The molecule has 1 aromatic carbocycles. The molecule has 0 spiro atoms. The SMILES string of the molecule is COc1nc(CNS(=O)(=O)c2cccc(C)c2)nc(N2CCOCC2)n1. The largest absolute Gasteiger partial charge is 0.467 e. The second kappa shape index (κ2) is 7.94. The molecule has 1 fully saturated rings. The van der Waals surface area contributed by atoms with E-state index in [1.807, 2.05) is 17.9 Å². The Kier molecular flexibility index (Phi) is 5.64. The molecule has 9 nitrogen and oxygen atoms in total. The summed E-state index contributed by atoms with van der Waals surface area (Å²) >= 11 is 0. The van der Waals surface area contributed by atoms with Crippen molar-refractivity contribution in [3.05, 3.63) is 35.7 Å². The average molecular weight is 379 g/mol. The summed E-state index contributed by atoms with van der Waals surface area (Å²) < 4.78 is 37.9. The van der Waals surface area contributed by atoms with Crippen LogP contribution in [0.15, 0.2) is 29.2 Å². The predicted octanol–water partition coefficient (Wildman–Crippen LogP) is 0.504. The molecular formula is C16H21N5O4S. The summed E-state index contributed by atoms with van der Waals surface area (Å²) in [6.07, 6.45) is 0. The number of aryl methyl sites for hydroxylation is 1. The monoisotopic (exact) mass is 379 g/mol. The first-order chi connectivity index (χ1) is 12.5. The van der Waals surface area contributed by atoms with Gasteiger partial charge in [-0.05, 0) is 24.6 Å². The van der Waals surface area contributed by atoms with Crippen LogP contribution in [-0.4, -0.2) is 56.8 Å². The smallest absolute Gasteiger partial charge is 0.321 e. The van der Waals surface area contributed by atoms with Gasteiger partial charge in [0.25, 0.3) is 0 Å². The number of anilines is 1. The fraction of sp³-hybridized carbons (Fsp3) is 0.438. The van der Waals surface area contributed by atoms with Crippen molar-refractivity contribution in [3.8, 4) is 6.01 Å². The van der Waals surface area contributed by atoms with Gasteiger partial charge in [0.15, 0.2) is 5.82 Å². The predicted molar refractivity (Wildman–Crippen MR) is 94.6 cm³/mol. The lowest BCUT2D eigenvalue weighted by Gasteiger charge is -2.26. The van der Waals surface area contributed by atoms with Crippen LogP contribution in [0.25, 0.3) is 0 Å². The van der Waals surface area contributed by atoms with Crippen molar-refractivity contribution in [2.45, 2.75) is 18.4 Å². The van der Waals surface area contributed by atoms with E-state index < -0.39 is 10.0 Å². The highest BCUT2D eigenvalue weighted by Crippen LogP contribution is 2.15. The minimum atomic E-state index is -3.66.